The van der Waals surface area contributed by atoms with Crippen LogP contribution in [-0.4, -0.2) is 29.5 Å². The van der Waals surface area contributed by atoms with Crippen molar-refractivity contribution in [3.63, 3.8) is 0 Å². The van der Waals surface area contributed by atoms with E-state index in [4.69, 9.17) is 0 Å². The van der Waals surface area contributed by atoms with Gasteiger partial charge in [-0.15, -0.1) is 0 Å². The highest BCUT2D eigenvalue weighted by molar-refractivity contribution is 9.10. The normalized spacial score (nSPS) is 13.2. The Kier molecular flexibility index (Phi) is 4.01. The molecule has 4 aromatic rings. The Morgan fingerprint density at radius 2 is 1.76 bits per heavy atom. The number of aromatic nitrogens is 2. The van der Waals surface area contributed by atoms with Crippen molar-refractivity contribution in [1.82, 2.24) is 8.96 Å². The predicted molar refractivity (Wildman–Crippen MR) is 114 cm³/mol. The molecule has 2 aromatic heterocycles. The monoisotopic (exact) mass is 465 g/mol. The molecule has 0 radical (unpaired) electrons. The van der Waals surface area contributed by atoms with E-state index in [-0.39, 0.29) is 10.8 Å². The molecule has 6 nitrogen and oxygen atoms in total. The Morgan fingerprint density at radius 1 is 0.966 bits per heavy atom. The third-order valence-electron chi connectivity index (χ3n) is 4.79. The summed E-state index contributed by atoms with van der Waals surface area (Å²) in [5.74, 6) is -0.338. The van der Waals surface area contributed by atoms with Crippen LogP contribution in [0.25, 0.3) is 22.3 Å². The van der Waals surface area contributed by atoms with Crippen molar-refractivity contribution in [2.24, 2.45) is 4.99 Å². The van der Waals surface area contributed by atoms with Crippen molar-refractivity contribution in [3.05, 3.63) is 82.5 Å². The number of pyridine rings is 1. The highest BCUT2D eigenvalue weighted by Gasteiger charge is 2.26. The number of fused-ring (bicyclic) bond motifs is 2. The Balaban J connectivity index is 1.84. The molecule has 142 valence electrons. The second-order valence-electron chi connectivity index (χ2n) is 6.51. The Bertz CT molecular complexity index is 1440. The maximum Gasteiger partial charge on any atom is 0.277 e. The average Bonchev–Trinajstić information content (AvgIpc) is 3.31. The molecule has 5 rings (SSSR count). The summed E-state index contributed by atoms with van der Waals surface area (Å²) in [6.07, 6.45) is 3.06. The third-order valence-corrected chi connectivity index (χ3v) is 7.20. The van der Waals surface area contributed by atoms with Crippen molar-refractivity contribution in [3.8, 4) is 11.3 Å². The molecule has 2 aromatic carbocycles. The lowest BCUT2D eigenvalue weighted by Gasteiger charge is -2.12. The Labute approximate surface area is 174 Å². The molecule has 1 aliphatic heterocycles. The molecule has 0 aliphatic carbocycles. The zero-order valence-electron chi connectivity index (χ0n) is 14.8. The second kappa shape index (κ2) is 6.47. The second-order valence-corrected chi connectivity index (χ2v) is 9.15. The molecule has 29 heavy (non-hydrogen) atoms. The van der Waals surface area contributed by atoms with Crippen LogP contribution in [0.5, 0.6) is 0 Å². The number of carbonyl (C=O) groups is 1. The lowest BCUT2D eigenvalue weighted by Crippen LogP contribution is -2.14. The Morgan fingerprint density at radius 3 is 2.55 bits per heavy atom. The van der Waals surface area contributed by atoms with Crippen LogP contribution in [0.2, 0.25) is 0 Å². The standard InChI is InChI=1S/C21H12BrN3O3S/c22-18-8-9-23-20-17(18)11-19(13-6-7-14-12-24-21(26)16(14)10-13)25(20)29(27,28)15-4-2-1-3-5-15/h1-12H. The fourth-order valence-electron chi connectivity index (χ4n) is 3.40. The maximum absolute atomic E-state index is 13.5. The van der Waals surface area contributed by atoms with Crippen LogP contribution in [0.3, 0.4) is 0 Å². The van der Waals surface area contributed by atoms with Gasteiger partial charge in [-0.25, -0.2) is 22.4 Å². The van der Waals surface area contributed by atoms with Crippen molar-refractivity contribution in [1.29, 1.82) is 0 Å². The van der Waals surface area contributed by atoms with E-state index in [1.807, 2.05) is 0 Å². The van der Waals surface area contributed by atoms with Crippen LogP contribution in [0.1, 0.15) is 15.9 Å². The third kappa shape index (κ3) is 2.75. The van der Waals surface area contributed by atoms with E-state index in [1.165, 1.54) is 10.2 Å². The van der Waals surface area contributed by atoms with Gasteiger partial charge in [0.2, 0.25) is 0 Å². The van der Waals surface area contributed by atoms with Gasteiger partial charge in [-0.3, -0.25) is 4.79 Å². The minimum Gasteiger partial charge on any atom is -0.267 e. The van der Waals surface area contributed by atoms with Crippen LogP contribution in [0.4, 0.5) is 0 Å². The number of halogens is 1. The van der Waals surface area contributed by atoms with Crippen molar-refractivity contribution in [2.75, 3.05) is 0 Å². The molecule has 1 amide bonds. The quantitative estimate of drug-likeness (QED) is 0.452. The number of rotatable bonds is 3. The van der Waals surface area contributed by atoms with E-state index in [2.05, 4.69) is 25.9 Å². The first-order valence-corrected chi connectivity index (χ1v) is 10.9. The minimum absolute atomic E-state index is 0.154. The largest absolute Gasteiger partial charge is 0.277 e. The number of hydrogen-bond donors (Lipinski definition) is 0. The van der Waals surface area contributed by atoms with Crippen molar-refractivity contribution >= 4 is 49.1 Å². The van der Waals surface area contributed by atoms with Crippen LogP contribution in [0.15, 0.2) is 81.2 Å². The summed E-state index contributed by atoms with van der Waals surface area (Å²) in [5.41, 5.74) is 2.48. The van der Waals surface area contributed by atoms with E-state index >= 15 is 0 Å². The maximum atomic E-state index is 13.5. The van der Waals surface area contributed by atoms with E-state index in [0.29, 0.717) is 33.4 Å². The first-order valence-electron chi connectivity index (χ1n) is 8.66. The van der Waals surface area contributed by atoms with Gasteiger partial charge in [0, 0.05) is 33.4 Å². The summed E-state index contributed by atoms with van der Waals surface area (Å²) in [7, 11) is -3.93. The summed E-state index contributed by atoms with van der Waals surface area (Å²) in [4.78, 5) is 20.3. The van der Waals surface area contributed by atoms with E-state index in [0.717, 1.165) is 4.47 Å². The lowest BCUT2D eigenvalue weighted by atomic mass is 10.0. The predicted octanol–water partition coefficient (Wildman–Crippen LogP) is 4.28. The van der Waals surface area contributed by atoms with Crippen molar-refractivity contribution in [2.45, 2.75) is 4.90 Å². The number of aliphatic imine (C=N–C) groups is 1. The van der Waals surface area contributed by atoms with E-state index in [9.17, 15) is 13.2 Å². The molecule has 0 saturated carbocycles. The lowest BCUT2D eigenvalue weighted by molar-refractivity contribution is 0.101. The summed E-state index contributed by atoms with van der Waals surface area (Å²) in [6, 6.07) is 16.9. The molecule has 1 aliphatic rings. The molecule has 3 heterocycles. The highest BCUT2D eigenvalue weighted by atomic mass is 79.9. The summed E-state index contributed by atoms with van der Waals surface area (Å²) in [5, 5.41) is 0.657. The number of hydrogen-bond acceptors (Lipinski definition) is 4. The summed E-state index contributed by atoms with van der Waals surface area (Å²) >= 11 is 3.48. The fraction of sp³-hybridized carbons (Fsp3) is 0. The molecule has 0 saturated heterocycles. The van der Waals surface area contributed by atoms with Gasteiger partial charge in [-0.2, -0.15) is 0 Å². The molecule has 0 fully saturated rings. The van der Waals surface area contributed by atoms with Crippen LogP contribution >= 0.6 is 15.9 Å². The molecule has 0 spiro atoms. The molecule has 0 unspecified atom stereocenters. The van der Waals surface area contributed by atoms with E-state index in [1.54, 1.807) is 66.9 Å². The summed E-state index contributed by atoms with van der Waals surface area (Å²) in [6.45, 7) is 0. The van der Waals surface area contributed by atoms with Crippen LogP contribution in [-0.2, 0) is 10.0 Å². The van der Waals surface area contributed by atoms with Crippen molar-refractivity contribution < 1.29 is 13.2 Å². The zero-order chi connectivity index (χ0) is 20.2. The van der Waals surface area contributed by atoms with Crippen LogP contribution in [0, 0.1) is 0 Å². The number of carbonyl (C=O) groups excluding carboxylic acids is 1. The highest BCUT2D eigenvalue weighted by Crippen LogP contribution is 2.35. The van der Waals surface area contributed by atoms with Gasteiger partial charge >= 0.3 is 0 Å². The van der Waals surface area contributed by atoms with Gasteiger partial charge in [0.25, 0.3) is 15.9 Å². The van der Waals surface area contributed by atoms with Gasteiger partial charge in [-0.1, -0.05) is 30.3 Å². The minimum atomic E-state index is -3.93. The van der Waals surface area contributed by atoms with Gasteiger partial charge in [0.15, 0.2) is 5.65 Å². The number of nitrogens with zero attached hydrogens (tertiary/aromatic N) is 3. The zero-order valence-corrected chi connectivity index (χ0v) is 17.2. The van der Waals surface area contributed by atoms with Gasteiger partial charge < -0.3 is 0 Å². The smallest absolute Gasteiger partial charge is 0.267 e. The topological polar surface area (TPSA) is 81.4 Å². The molecule has 0 atom stereocenters. The van der Waals surface area contributed by atoms with Gasteiger partial charge in [-0.05, 0) is 46.3 Å². The summed E-state index contributed by atoms with van der Waals surface area (Å²) < 4.78 is 29.0. The SMILES string of the molecule is O=C1N=Cc2ccc(-c3cc4c(Br)ccnc4n3S(=O)(=O)c3ccccc3)cc21. The molecule has 0 bridgehead atoms. The molecular formula is C21H12BrN3O3S. The molecular weight excluding hydrogens is 454 g/mol. The molecule has 0 N–H and O–H groups in total. The van der Waals surface area contributed by atoms with E-state index < -0.39 is 10.0 Å². The van der Waals surface area contributed by atoms with Gasteiger partial charge in [0.1, 0.15) is 0 Å². The molecule has 8 heteroatoms. The van der Waals surface area contributed by atoms with Crippen LogP contribution < -0.4 is 0 Å². The average molecular weight is 466 g/mol. The number of benzene rings is 2. The first-order chi connectivity index (χ1) is 14.0. The Hall–Kier alpha value is -3.10. The number of amides is 1. The van der Waals surface area contributed by atoms with Gasteiger partial charge in [0.05, 0.1) is 16.2 Å². The fourth-order valence-corrected chi connectivity index (χ4v) is 5.31. The first kappa shape index (κ1) is 18.0.